The van der Waals surface area contributed by atoms with Crippen LogP contribution in [0.4, 0.5) is 0 Å². The molecule has 2 aromatic carbocycles. The van der Waals surface area contributed by atoms with Crippen molar-refractivity contribution in [2.75, 3.05) is 21.3 Å². The second kappa shape index (κ2) is 9.73. The summed E-state index contributed by atoms with van der Waals surface area (Å²) in [5, 5.41) is 4.19. The minimum atomic E-state index is 0.345. The maximum absolute atomic E-state index is 6.00. The van der Waals surface area contributed by atoms with Crippen molar-refractivity contribution in [2.45, 2.75) is 44.6 Å². The topological polar surface area (TPSA) is 75.8 Å². The fraction of sp³-hybridized carbons (Fsp3) is 0.417. The highest BCUT2D eigenvalue weighted by Gasteiger charge is 2.22. The highest BCUT2D eigenvalue weighted by atomic mass is 16.5. The summed E-state index contributed by atoms with van der Waals surface area (Å²) >= 11 is 0. The third-order valence-corrected chi connectivity index (χ3v) is 5.62. The maximum Gasteiger partial charge on any atom is 0.230 e. The van der Waals surface area contributed by atoms with E-state index in [0.717, 1.165) is 29.9 Å². The smallest absolute Gasteiger partial charge is 0.230 e. The lowest BCUT2D eigenvalue weighted by molar-refractivity contribution is 0.283. The Balaban J connectivity index is 1.49. The molecule has 7 nitrogen and oxygen atoms in total. The molecule has 1 heterocycles. The van der Waals surface area contributed by atoms with Gasteiger partial charge in [-0.15, -0.1) is 0 Å². The van der Waals surface area contributed by atoms with Gasteiger partial charge in [-0.05, 0) is 48.7 Å². The molecule has 0 atom stereocenters. The monoisotopic (exact) mass is 424 g/mol. The fourth-order valence-corrected chi connectivity index (χ4v) is 3.90. The van der Waals surface area contributed by atoms with Crippen LogP contribution >= 0.6 is 0 Å². The average Bonchev–Trinajstić information content (AvgIpc) is 3.33. The third kappa shape index (κ3) is 4.93. The third-order valence-electron chi connectivity index (χ3n) is 5.62. The standard InChI is InChI=1S/C24H28N2O5/c1-27-19-11-16(12-20(14-19)28-2)15-30-21-10-9-18(13-22(21)29-3)23-25-24(31-26-23)17-7-5-4-6-8-17/h9-14,17H,4-8,15H2,1-3H3. The Kier molecular flexibility index (Phi) is 6.60. The minimum absolute atomic E-state index is 0.345. The normalized spacial score (nSPS) is 14.3. The van der Waals surface area contributed by atoms with Crippen LogP contribution in [0.3, 0.4) is 0 Å². The van der Waals surface area contributed by atoms with Gasteiger partial charge in [-0.2, -0.15) is 4.98 Å². The van der Waals surface area contributed by atoms with Crippen LogP contribution in [-0.2, 0) is 6.61 Å². The van der Waals surface area contributed by atoms with E-state index in [1.165, 1.54) is 19.3 Å². The first-order chi connectivity index (χ1) is 15.2. The number of methoxy groups -OCH3 is 3. The second-order valence-corrected chi connectivity index (χ2v) is 7.67. The van der Waals surface area contributed by atoms with Gasteiger partial charge in [0.15, 0.2) is 11.5 Å². The summed E-state index contributed by atoms with van der Waals surface area (Å²) in [6, 6.07) is 11.3. The molecule has 1 saturated carbocycles. The lowest BCUT2D eigenvalue weighted by Gasteiger charge is -2.17. The SMILES string of the molecule is COc1cc(COc2ccc(-c3noc(C4CCCCC4)n3)cc2OC)cc(OC)c1. The molecule has 164 valence electrons. The molecule has 0 saturated heterocycles. The molecule has 0 spiro atoms. The Morgan fingerprint density at radius 2 is 1.61 bits per heavy atom. The first-order valence-corrected chi connectivity index (χ1v) is 10.6. The van der Waals surface area contributed by atoms with Crippen LogP contribution in [0.2, 0.25) is 0 Å². The van der Waals surface area contributed by atoms with Crippen LogP contribution in [-0.4, -0.2) is 31.5 Å². The number of hydrogen-bond donors (Lipinski definition) is 0. The zero-order valence-corrected chi connectivity index (χ0v) is 18.2. The molecule has 1 fully saturated rings. The molecule has 0 aliphatic heterocycles. The summed E-state index contributed by atoms with van der Waals surface area (Å²) in [5.74, 6) is 4.35. The van der Waals surface area contributed by atoms with Crippen molar-refractivity contribution in [1.29, 1.82) is 0 Å². The van der Waals surface area contributed by atoms with E-state index in [1.54, 1.807) is 21.3 Å². The Morgan fingerprint density at radius 3 is 2.29 bits per heavy atom. The molecule has 4 rings (SSSR count). The van der Waals surface area contributed by atoms with E-state index in [2.05, 4.69) is 10.1 Å². The zero-order valence-electron chi connectivity index (χ0n) is 18.2. The molecule has 3 aromatic rings. The molecule has 0 amide bonds. The minimum Gasteiger partial charge on any atom is -0.497 e. The van der Waals surface area contributed by atoms with E-state index in [0.29, 0.717) is 41.3 Å². The first kappa shape index (κ1) is 21.0. The second-order valence-electron chi connectivity index (χ2n) is 7.67. The van der Waals surface area contributed by atoms with Crippen molar-refractivity contribution >= 4 is 0 Å². The lowest BCUT2D eigenvalue weighted by Crippen LogP contribution is -2.04. The molecule has 31 heavy (non-hydrogen) atoms. The van der Waals surface area contributed by atoms with Gasteiger partial charge in [-0.3, -0.25) is 0 Å². The molecule has 1 aromatic heterocycles. The summed E-state index contributed by atoms with van der Waals surface area (Å²) in [6.07, 6.45) is 5.97. The summed E-state index contributed by atoms with van der Waals surface area (Å²) in [4.78, 5) is 4.64. The molecule has 1 aliphatic rings. The van der Waals surface area contributed by atoms with Crippen molar-refractivity contribution < 1.29 is 23.5 Å². The molecule has 7 heteroatoms. The molecule has 0 unspecified atom stereocenters. The number of rotatable bonds is 8. The molecule has 1 aliphatic carbocycles. The highest BCUT2D eigenvalue weighted by molar-refractivity contribution is 5.60. The van der Waals surface area contributed by atoms with E-state index >= 15 is 0 Å². The molecular weight excluding hydrogens is 396 g/mol. The van der Waals surface area contributed by atoms with Crippen molar-refractivity contribution in [3.05, 3.63) is 47.9 Å². The van der Waals surface area contributed by atoms with Crippen molar-refractivity contribution in [2.24, 2.45) is 0 Å². The number of nitrogens with zero attached hydrogens (tertiary/aromatic N) is 2. The quantitative estimate of drug-likeness (QED) is 0.480. The summed E-state index contributed by atoms with van der Waals surface area (Å²) in [6.45, 7) is 0.345. The number of hydrogen-bond acceptors (Lipinski definition) is 7. The largest absolute Gasteiger partial charge is 0.497 e. The number of ether oxygens (including phenoxy) is 4. The van der Waals surface area contributed by atoms with Crippen molar-refractivity contribution in [3.8, 4) is 34.4 Å². The maximum atomic E-state index is 6.00. The van der Waals surface area contributed by atoms with E-state index in [-0.39, 0.29) is 0 Å². The average molecular weight is 424 g/mol. The van der Waals surface area contributed by atoms with E-state index in [1.807, 2.05) is 36.4 Å². The molecule has 0 bridgehead atoms. The van der Waals surface area contributed by atoms with E-state index < -0.39 is 0 Å². The van der Waals surface area contributed by atoms with Gasteiger partial charge in [-0.1, -0.05) is 24.4 Å². The van der Waals surface area contributed by atoms with Crippen LogP contribution in [0.25, 0.3) is 11.4 Å². The molecule has 0 N–H and O–H groups in total. The summed E-state index contributed by atoms with van der Waals surface area (Å²) < 4.78 is 27.8. The summed E-state index contributed by atoms with van der Waals surface area (Å²) in [7, 11) is 4.86. The number of aromatic nitrogens is 2. The number of benzene rings is 2. The van der Waals surface area contributed by atoms with Gasteiger partial charge in [0.1, 0.15) is 18.1 Å². The van der Waals surface area contributed by atoms with Crippen LogP contribution in [0.5, 0.6) is 23.0 Å². The Morgan fingerprint density at radius 1 is 0.871 bits per heavy atom. The Labute approximate surface area is 182 Å². The highest BCUT2D eigenvalue weighted by Crippen LogP contribution is 2.35. The van der Waals surface area contributed by atoms with Crippen LogP contribution in [0.15, 0.2) is 40.9 Å². The zero-order chi connectivity index (χ0) is 21.6. The van der Waals surface area contributed by atoms with Gasteiger partial charge < -0.3 is 23.5 Å². The van der Waals surface area contributed by atoms with Gasteiger partial charge in [0.2, 0.25) is 11.7 Å². The van der Waals surface area contributed by atoms with Gasteiger partial charge >= 0.3 is 0 Å². The van der Waals surface area contributed by atoms with Gasteiger partial charge in [0.25, 0.3) is 0 Å². The van der Waals surface area contributed by atoms with Crippen molar-refractivity contribution in [3.63, 3.8) is 0 Å². The van der Waals surface area contributed by atoms with Crippen molar-refractivity contribution in [1.82, 2.24) is 10.1 Å². The lowest BCUT2D eigenvalue weighted by atomic mass is 9.89. The predicted molar refractivity (Wildman–Crippen MR) is 116 cm³/mol. The van der Waals surface area contributed by atoms with Crippen LogP contribution < -0.4 is 18.9 Å². The Hall–Kier alpha value is -3.22. The first-order valence-electron chi connectivity index (χ1n) is 10.6. The summed E-state index contributed by atoms with van der Waals surface area (Å²) in [5.41, 5.74) is 1.76. The van der Waals surface area contributed by atoms with E-state index in [9.17, 15) is 0 Å². The van der Waals surface area contributed by atoms with Gasteiger partial charge in [0, 0.05) is 17.5 Å². The fourth-order valence-electron chi connectivity index (χ4n) is 3.90. The Bertz CT molecular complexity index is 989. The van der Waals surface area contributed by atoms with Gasteiger partial charge in [0.05, 0.1) is 21.3 Å². The molecule has 0 radical (unpaired) electrons. The molecular formula is C24H28N2O5. The van der Waals surface area contributed by atoms with E-state index in [4.69, 9.17) is 23.5 Å². The predicted octanol–water partition coefficient (Wildman–Crippen LogP) is 5.39. The van der Waals surface area contributed by atoms with Crippen LogP contribution in [0, 0.1) is 0 Å². The van der Waals surface area contributed by atoms with Crippen LogP contribution in [0.1, 0.15) is 49.5 Å². The van der Waals surface area contributed by atoms with Gasteiger partial charge in [-0.25, -0.2) is 0 Å².